The maximum Gasteiger partial charge on any atom is 0.154 e. The monoisotopic (exact) mass is 334 g/mol. The largest absolute Gasteiger partial charge is 0.497 e. The number of hydrogen-bond acceptors (Lipinski definition) is 5. The van der Waals surface area contributed by atoms with Crippen LogP contribution >= 0.6 is 0 Å². The molecule has 6 nitrogen and oxygen atoms in total. The van der Waals surface area contributed by atoms with Gasteiger partial charge in [-0.3, -0.25) is 0 Å². The molecule has 2 N–H and O–H groups in total. The van der Waals surface area contributed by atoms with Gasteiger partial charge >= 0.3 is 0 Å². The standard InChI is InChI=1S/C19H18N4O2/c1-24-13-7-8-15-14(9-13)17-18(23-15)19(22-11-21-17)20-10-12-5-3-4-6-16(12)25-2/h3-9,11,23H,10H2,1-2H3,(H,20,21,22). The third-order valence-electron chi connectivity index (χ3n) is 4.23. The number of hydrogen-bond donors (Lipinski definition) is 2. The van der Waals surface area contributed by atoms with Crippen LogP contribution in [0.25, 0.3) is 21.9 Å². The van der Waals surface area contributed by atoms with Gasteiger partial charge in [0.05, 0.1) is 14.2 Å². The Bertz CT molecular complexity index is 1040. The molecule has 0 fully saturated rings. The lowest BCUT2D eigenvalue weighted by molar-refractivity contribution is 0.410. The van der Waals surface area contributed by atoms with Crippen LogP contribution < -0.4 is 14.8 Å². The summed E-state index contributed by atoms with van der Waals surface area (Å²) >= 11 is 0. The molecule has 0 aliphatic rings. The van der Waals surface area contributed by atoms with Gasteiger partial charge in [0.2, 0.25) is 0 Å². The summed E-state index contributed by atoms with van der Waals surface area (Å²) in [5, 5.41) is 4.39. The van der Waals surface area contributed by atoms with Crippen molar-refractivity contribution in [1.82, 2.24) is 15.0 Å². The van der Waals surface area contributed by atoms with Crippen LogP contribution in [-0.2, 0) is 6.54 Å². The minimum Gasteiger partial charge on any atom is -0.497 e. The van der Waals surface area contributed by atoms with E-state index in [2.05, 4.69) is 20.3 Å². The number of rotatable bonds is 5. The highest BCUT2D eigenvalue weighted by molar-refractivity contribution is 6.08. The molecule has 6 heteroatoms. The van der Waals surface area contributed by atoms with Gasteiger partial charge in [0.25, 0.3) is 0 Å². The van der Waals surface area contributed by atoms with E-state index in [0.29, 0.717) is 6.54 Å². The molecule has 126 valence electrons. The maximum atomic E-state index is 5.40. The lowest BCUT2D eigenvalue weighted by atomic mass is 10.2. The van der Waals surface area contributed by atoms with E-state index in [1.807, 2.05) is 42.5 Å². The van der Waals surface area contributed by atoms with Crippen molar-refractivity contribution >= 4 is 27.8 Å². The third-order valence-corrected chi connectivity index (χ3v) is 4.23. The Balaban J connectivity index is 1.72. The molecule has 0 spiro atoms. The molecule has 2 aromatic heterocycles. The van der Waals surface area contributed by atoms with Crippen LogP contribution in [0.15, 0.2) is 48.8 Å². The van der Waals surface area contributed by atoms with Crippen molar-refractivity contribution in [3.8, 4) is 11.5 Å². The minimum atomic E-state index is 0.606. The molecule has 0 bridgehead atoms. The fraction of sp³-hybridized carbons (Fsp3) is 0.158. The Hall–Kier alpha value is -3.28. The van der Waals surface area contributed by atoms with E-state index in [0.717, 1.165) is 44.8 Å². The number of nitrogens with zero attached hydrogens (tertiary/aromatic N) is 2. The Morgan fingerprint density at radius 3 is 2.76 bits per heavy atom. The number of aromatic amines is 1. The number of H-pyrrole nitrogens is 1. The first-order valence-electron chi connectivity index (χ1n) is 7.96. The zero-order valence-corrected chi connectivity index (χ0v) is 14.0. The molecule has 4 aromatic rings. The fourth-order valence-corrected chi connectivity index (χ4v) is 2.96. The van der Waals surface area contributed by atoms with E-state index in [1.165, 1.54) is 0 Å². The van der Waals surface area contributed by atoms with Crippen molar-refractivity contribution in [2.75, 3.05) is 19.5 Å². The predicted molar refractivity (Wildman–Crippen MR) is 98.3 cm³/mol. The van der Waals surface area contributed by atoms with E-state index < -0.39 is 0 Å². The molecule has 2 aromatic carbocycles. The molecule has 0 saturated carbocycles. The van der Waals surface area contributed by atoms with E-state index in [4.69, 9.17) is 9.47 Å². The molecule has 4 rings (SSSR count). The van der Waals surface area contributed by atoms with Crippen molar-refractivity contribution in [1.29, 1.82) is 0 Å². The number of fused-ring (bicyclic) bond motifs is 3. The number of anilines is 1. The summed E-state index contributed by atoms with van der Waals surface area (Å²) in [4.78, 5) is 12.2. The second-order valence-electron chi connectivity index (χ2n) is 5.65. The molecule has 0 atom stereocenters. The van der Waals surface area contributed by atoms with Crippen LogP contribution in [0.4, 0.5) is 5.82 Å². The smallest absolute Gasteiger partial charge is 0.154 e. The van der Waals surface area contributed by atoms with Gasteiger partial charge in [-0.1, -0.05) is 18.2 Å². The summed E-state index contributed by atoms with van der Waals surface area (Å²) in [7, 11) is 3.33. The van der Waals surface area contributed by atoms with E-state index >= 15 is 0 Å². The second-order valence-corrected chi connectivity index (χ2v) is 5.65. The van der Waals surface area contributed by atoms with Crippen molar-refractivity contribution in [2.45, 2.75) is 6.54 Å². The summed E-state index contributed by atoms with van der Waals surface area (Å²) in [6, 6.07) is 13.8. The minimum absolute atomic E-state index is 0.606. The summed E-state index contributed by atoms with van der Waals surface area (Å²) in [6.07, 6.45) is 1.57. The molecule has 0 amide bonds. The van der Waals surface area contributed by atoms with Crippen LogP contribution in [0, 0.1) is 0 Å². The normalized spacial score (nSPS) is 11.0. The Morgan fingerprint density at radius 2 is 1.92 bits per heavy atom. The number of benzene rings is 2. The first-order valence-corrected chi connectivity index (χ1v) is 7.96. The van der Waals surface area contributed by atoms with Crippen molar-refractivity contribution in [3.63, 3.8) is 0 Å². The lowest BCUT2D eigenvalue weighted by Gasteiger charge is -2.10. The highest BCUT2D eigenvalue weighted by Gasteiger charge is 2.12. The highest BCUT2D eigenvalue weighted by Crippen LogP contribution is 2.30. The van der Waals surface area contributed by atoms with Crippen molar-refractivity contribution in [2.24, 2.45) is 0 Å². The average molecular weight is 334 g/mol. The first kappa shape index (κ1) is 15.3. The second kappa shape index (κ2) is 6.32. The van der Waals surface area contributed by atoms with Crippen molar-refractivity contribution in [3.05, 3.63) is 54.4 Å². The number of para-hydroxylation sites is 1. The van der Waals surface area contributed by atoms with Gasteiger partial charge in [-0.25, -0.2) is 9.97 Å². The van der Waals surface area contributed by atoms with E-state index in [1.54, 1.807) is 20.5 Å². The Labute approximate surface area is 144 Å². The zero-order valence-electron chi connectivity index (χ0n) is 14.0. The molecule has 25 heavy (non-hydrogen) atoms. The average Bonchev–Trinajstić information content (AvgIpc) is 3.05. The van der Waals surface area contributed by atoms with Crippen LogP contribution in [-0.4, -0.2) is 29.2 Å². The number of methoxy groups -OCH3 is 2. The van der Waals surface area contributed by atoms with E-state index in [-0.39, 0.29) is 0 Å². The quantitative estimate of drug-likeness (QED) is 0.582. The SMILES string of the molecule is COc1ccc2[nH]c3c(NCc4ccccc4OC)ncnc3c2c1. The van der Waals surface area contributed by atoms with E-state index in [9.17, 15) is 0 Å². The topological polar surface area (TPSA) is 72.1 Å². The number of aromatic nitrogens is 3. The number of nitrogens with one attached hydrogen (secondary N) is 2. The maximum absolute atomic E-state index is 5.40. The fourth-order valence-electron chi connectivity index (χ4n) is 2.96. The zero-order chi connectivity index (χ0) is 17.2. The summed E-state index contributed by atoms with van der Waals surface area (Å²) in [5.41, 5.74) is 3.80. The van der Waals surface area contributed by atoms with Gasteiger partial charge in [0.15, 0.2) is 5.82 Å². The van der Waals surface area contributed by atoms with Gasteiger partial charge < -0.3 is 19.8 Å². The lowest BCUT2D eigenvalue weighted by Crippen LogP contribution is -2.04. The Morgan fingerprint density at radius 1 is 1.04 bits per heavy atom. The molecule has 0 aliphatic carbocycles. The summed E-state index contributed by atoms with van der Waals surface area (Å²) < 4.78 is 10.7. The summed E-state index contributed by atoms with van der Waals surface area (Å²) in [6.45, 7) is 0.606. The van der Waals surface area contributed by atoms with Crippen molar-refractivity contribution < 1.29 is 9.47 Å². The molecule has 0 aliphatic heterocycles. The van der Waals surface area contributed by atoms with Gasteiger partial charge in [0.1, 0.15) is 28.9 Å². The molecule has 0 radical (unpaired) electrons. The highest BCUT2D eigenvalue weighted by atomic mass is 16.5. The van der Waals surface area contributed by atoms with Crippen LogP contribution in [0.2, 0.25) is 0 Å². The molecule has 0 saturated heterocycles. The molecular formula is C19H18N4O2. The van der Waals surface area contributed by atoms with Gasteiger partial charge in [0, 0.05) is 23.0 Å². The van der Waals surface area contributed by atoms with Gasteiger partial charge in [-0.05, 0) is 24.3 Å². The van der Waals surface area contributed by atoms with Crippen LogP contribution in [0.1, 0.15) is 5.56 Å². The molecular weight excluding hydrogens is 316 g/mol. The van der Waals surface area contributed by atoms with Gasteiger partial charge in [-0.2, -0.15) is 0 Å². The number of ether oxygens (including phenoxy) is 2. The molecule has 0 unspecified atom stereocenters. The summed E-state index contributed by atoms with van der Waals surface area (Å²) in [5.74, 6) is 2.41. The Kier molecular flexibility index (Phi) is 3.85. The van der Waals surface area contributed by atoms with Gasteiger partial charge in [-0.15, -0.1) is 0 Å². The third kappa shape index (κ3) is 2.71. The first-order chi connectivity index (χ1) is 12.3. The predicted octanol–water partition coefficient (Wildman–Crippen LogP) is 3.74. The van der Waals surface area contributed by atoms with Crippen LogP contribution in [0.5, 0.6) is 11.5 Å². The molecule has 2 heterocycles. The van der Waals surface area contributed by atoms with Crippen LogP contribution in [0.3, 0.4) is 0 Å².